The van der Waals surface area contributed by atoms with Crippen molar-refractivity contribution >= 4 is 16.8 Å². The van der Waals surface area contributed by atoms with E-state index < -0.39 is 5.76 Å². The monoisotopic (exact) mass is 261 g/mol. The predicted octanol–water partition coefficient (Wildman–Crippen LogP) is 1.87. The van der Waals surface area contributed by atoms with Crippen molar-refractivity contribution in [2.75, 3.05) is 32.0 Å². The molecule has 5 heteroatoms. The molecule has 102 valence electrons. The van der Waals surface area contributed by atoms with Crippen LogP contribution in [-0.2, 0) is 0 Å². The van der Waals surface area contributed by atoms with Gasteiger partial charge >= 0.3 is 5.76 Å². The normalized spacial score (nSPS) is 17.9. The van der Waals surface area contributed by atoms with Crippen LogP contribution in [0.25, 0.3) is 11.1 Å². The first-order valence-corrected chi connectivity index (χ1v) is 6.76. The van der Waals surface area contributed by atoms with Crippen LogP contribution in [0.2, 0.25) is 0 Å². The van der Waals surface area contributed by atoms with E-state index in [0.29, 0.717) is 5.58 Å². The van der Waals surface area contributed by atoms with Gasteiger partial charge in [-0.2, -0.15) is 0 Å². The summed E-state index contributed by atoms with van der Waals surface area (Å²) in [6.45, 7) is 3.35. The van der Waals surface area contributed by atoms with Crippen molar-refractivity contribution < 1.29 is 4.42 Å². The first-order chi connectivity index (χ1) is 9.20. The number of H-pyrrole nitrogens is 1. The van der Waals surface area contributed by atoms with E-state index in [4.69, 9.17) is 4.42 Å². The minimum absolute atomic E-state index is 0.400. The maximum atomic E-state index is 11.1. The average molecular weight is 261 g/mol. The Balaban J connectivity index is 1.63. The van der Waals surface area contributed by atoms with E-state index in [1.807, 2.05) is 18.2 Å². The summed E-state index contributed by atoms with van der Waals surface area (Å²) in [7, 11) is 2.17. The molecule has 1 aliphatic heterocycles. The number of hydrogen-bond donors (Lipinski definition) is 2. The zero-order valence-corrected chi connectivity index (χ0v) is 11.1. The molecule has 0 bridgehead atoms. The molecule has 2 aromatic rings. The van der Waals surface area contributed by atoms with E-state index >= 15 is 0 Å². The van der Waals surface area contributed by atoms with Gasteiger partial charge in [-0.15, -0.1) is 0 Å². The molecule has 19 heavy (non-hydrogen) atoms. The molecule has 1 aliphatic rings. The van der Waals surface area contributed by atoms with E-state index in [2.05, 4.69) is 22.2 Å². The Hall–Kier alpha value is -1.75. The molecule has 0 aliphatic carbocycles. The Bertz CT molecular complexity index is 608. The van der Waals surface area contributed by atoms with E-state index in [-0.39, 0.29) is 0 Å². The van der Waals surface area contributed by atoms with E-state index in [9.17, 15) is 4.79 Å². The molecule has 1 saturated heterocycles. The highest BCUT2D eigenvalue weighted by molar-refractivity contribution is 5.76. The number of oxazole rings is 1. The van der Waals surface area contributed by atoms with Crippen molar-refractivity contribution in [2.24, 2.45) is 5.92 Å². The third-order valence-corrected chi connectivity index (χ3v) is 3.85. The maximum Gasteiger partial charge on any atom is 0.417 e. The highest BCUT2D eigenvalue weighted by Crippen LogP contribution is 2.19. The topological polar surface area (TPSA) is 61.3 Å². The van der Waals surface area contributed by atoms with Crippen molar-refractivity contribution in [3.8, 4) is 0 Å². The third kappa shape index (κ3) is 2.81. The summed E-state index contributed by atoms with van der Waals surface area (Å²) >= 11 is 0. The fourth-order valence-corrected chi connectivity index (χ4v) is 2.59. The van der Waals surface area contributed by atoms with Crippen molar-refractivity contribution in [1.29, 1.82) is 0 Å². The minimum atomic E-state index is -0.400. The van der Waals surface area contributed by atoms with Gasteiger partial charge in [-0.1, -0.05) is 0 Å². The van der Waals surface area contributed by atoms with Gasteiger partial charge in [-0.05, 0) is 57.1 Å². The van der Waals surface area contributed by atoms with Gasteiger partial charge in [0.2, 0.25) is 0 Å². The number of nitrogens with zero attached hydrogens (tertiary/aromatic N) is 1. The smallest absolute Gasteiger partial charge is 0.408 e. The fourth-order valence-electron chi connectivity index (χ4n) is 2.59. The molecule has 0 radical (unpaired) electrons. The van der Waals surface area contributed by atoms with Gasteiger partial charge in [0.15, 0.2) is 5.58 Å². The average Bonchev–Trinajstić information content (AvgIpc) is 2.77. The van der Waals surface area contributed by atoms with Crippen LogP contribution in [0, 0.1) is 5.92 Å². The molecule has 1 aromatic heterocycles. The molecule has 0 unspecified atom stereocenters. The fraction of sp³-hybridized carbons (Fsp3) is 0.500. The molecule has 0 amide bonds. The number of aromatic nitrogens is 1. The lowest BCUT2D eigenvalue weighted by Crippen LogP contribution is -2.32. The minimum Gasteiger partial charge on any atom is -0.408 e. The summed E-state index contributed by atoms with van der Waals surface area (Å²) in [6.07, 6.45) is 2.49. The third-order valence-electron chi connectivity index (χ3n) is 3.85. The van der Waals surface area contributed by atoms with Crippen molar-refractivity contribution in [3.63, 3.8) is 0 Å². The van der Waals surface area contributed by atoms with E-state index in [1.54, 1.807) is 0 Å². The zero-order chi connectivity index (χ0) is 13.2. The Labute approximate surface area is 111 Å². The highest BCUT2D eigenvalue weighted by Gasteiger charge is 2.16. The second-order valence-electron chi connectivity index (χ2n) is 5.35. The van der Waals surface area contributed by atoms with Crippen LogP contribution in [0.15, 0.2) is 27.4 Å². The zero-order valence-electron chi connectivity index (χ0n) is 11.1. The summed E-state index contributed by atoms with van der Waals surface area (Å²) in [4.78, 5) is 16.1. The quantitative estimate of drug-likeness (QED) is 0.885. The van der Waals surface area contributed by atoms with Crippen LogP contribution in [0.1, 0.15) is 12.8 Å². The van der Waals surface area contributed by atoms with Gasteiger partial charge in [0.25, 0.3) is 0 Å². The Morgan fingerprint density at radius 2 is 2.21 bits per heavy atom. The molecule has 0 atom stereocenters. The number of nitrogens with one attached hydrogen (secondary N) is 2. The molecule has 5 nitrogen and oxygen atoms in total. The van der Waals surface area contributed by atoms with Crippen LogP contribution in [0.3, 0.4) is 0 Å². The number of aromatic amines is 1. The van der Waals surface area contributed by atoms with Crippen molar-refractivity contribution in [3.05, 3.63) is 28.7 Å². The second kappa shape index (κ2) is 5.09. The molecule has 2 heterocycles. The summed E-state index contributed by atoms with van der Waals surface area (Å²) in [5.41, 5.74) is 2.39. The number of piperidine rings is 1. The summed E-state index contributed by atoms with van der Waals surface area (Å²) in [6, 6.07) is 5.70. The summed E-state index contributed by atoms with van der Waals surface area (Å²) < 4.78 is 4.98. The van der Waals surface area contributed by atoms with Gasteiger partial charge in [0, 0.05) is 12.2 Å². The van der Waals surface area contributed by atoms with Crippen molar-refractivity contribution in [1.82, 2.24) is 9.88 Å². The number of fused-ring (bicyclic) bond motifs is 1. The standard InChI is InChI=1S/C14H19N3O2/c1-17-6-4-10(5-7-17)9-15-11-2-3-13-12(8-11)16-14(18)19-13/h2-3,8,10,15H,4-7,9H2,1H3,(H,16,18). The Kier molecular flexibility index (Phi) is 3.29. The lowest BCUT2D eigenvalue weighted by molar-refractivity contribution is 0.226. The van der Waals surface area contributed by atoms with Gasteiger partial charge in [0.1, 0.15) is 0 Å². The van der Waals surface area contributed by atoms with Crippen LogP contribution in [0.4, 0.5) is 5.69 Å². The van der Waals surface area contributed by atoms with Crippen LogP contribution in [0.5, 0.6) is 0 Å². The molecule has 1 aromatic carbocycles. The molecular weight excluding hydrogens is 242 g/mol. The lowest BCUT2D eigenvalue weighted by atomic mass is 9.97. The second-order valence-corrected chi connectivity index (χ2v) is 5.35. The van der Waals surface area contributed by atoms with E-state index in [1.165, 1.54) is 25.9 Å². The Morgan fingerprint density at radius 3 is 3.00 bits per heavy atom. The largest absolute Gasteiger partial charge is 0.417 e. The number of rotatable bonds is 3. The predicted molar refractivity (Wildman–Crippen MR) is 75.5 cm³/mol. The summed E-state index contributed by atoms with van der Waals surface area (Å²) in [5, 5.41) is 3.45. The van der Waals surface area contributed by atoms with Crippen LogP contribution >= 0.6 is 0 Å². The van der Waals surface area contributed by atoms with Gasteiger partial charge in [-0.3, -0.25) is 4.98 Å². The molecule has 1 fully saturated rings. The Morgan fingerprint density at radius 1 is 1.42 bits per heavy atom. The summed E-state index contributed by atoms with van der Waals surface area (Å²) in [5.74, 6) is 0.331. The SMILES string of the molecule is CN1CCC(CNc2ccc3oc(=O)[nH]c3c2)CC1. The van der Waals surface area contributed by atoms with E-state index in [0.717, 1.165) is 23.7 Å². The number of anilines is 1. The van der Waals surface area contributed by atoms with Gasteiger partial charge in [0.05, 0.1) is 5.52 Å². The molecule has 0 spiro atoms. The number of likely N-dealkylation sites (tertiary alicyclic amines) is 1. The van der Waals surface area contributed by atoms with Crippen molar-refractivity contribution in [2.45, 2.75) is 12.8 Å². The molecule has 0 saturated carbocycles. The van der Waals surface area contributed by atoms with Gasteiger partial charge < -0.3 is 14.6 Å². The molecular formula is C14H19N3O2. The van der Waals surface area contributed by atoms with Crippen LogP contribution < -0.4 is 11.1 Å². The first kappa shape index (κ1) is 12.3. The van der Waals surface area contributed by atoms with Crippen LogP contribution in [-0.4, -0.2) is 36.6 Å². The first-order valence-electron chi connectivity index (χ1n) is 6.76. The number of benzene rings is 1. The number of hydrogen-bond acceptors (Lipinski definition) is 4. The maximum absolute atomic E-state index is 11.1. The molecule has 2 N–H and O–H groups in total. The highest BCUT2D eigenvalue weighted by atomic mass is 16.4. The molecule has 3 rings (SSSR count). The van der Waals surface area contributed by atoms with Gasteiger partial charge in [-0.25, -0.2) is 4.79 Å². The lowest BCUT2D eigenvalue weighted by Gasteiger charge is -2.29.